The Balaban J connectivity index is 2.02. The third-order valence-corrected chi connectivity index (χ3v) is 7.03. The van der Waals surface area contributed by atoms with Crippen LogP contribution in [0.4, 0.5) is 26.3 Å². The van der Waals surface area contributed by atoms with Crippen LogP contribution in [0.25, 0.3) is 0 Å². The number of ether oxygens (including phenoxy) is 3. The first-order chi connectivity index (χ1) is 13.1. The van der Waals surface area contributed by atoms with Crippen molar-refractivity contribution in [2.45, 2.75) is 54.4 Å². The molecule has 3 fully saturated rings. The lowest BCUT2D eigenvalue weighted by Crippen LogP contribution is -2.68. The molecule has 3 rings (SSSR count). The van der Waals surface area contributed by atoms with Crippen LogP contribution in [0.3, 0.4) is 0 Å². The van der Waals surface area contributed by atoms with Gasteiger partial charge < -0.3 is 19.3 Å². The van der Waals surface area contributed by atoms with Gasteiger partial charge in [-0.25, -0.2) is 4.79 Å². The van der Waals surface area contributed by atoms with Crippen molar-refractivity contribution in [2.24, 2.45) is 11.8 Å². The predicted molar refractivity (Wildman–Crippen MR) is 77.7 cm³/mol. The fraction of sp³-hybridized carbons (Fsp3) is 0.929. The number of carbonyl (C=O) groups is 1. The van der Waals surface area contributed by atoms with Crippen LogP contribution in [-0.2, 0) is 29.1 Å². The SMILES string of the molecule is O=C(OC1C2CCC(C2)C12OCC(CO)O2)C(C(F)(F)F)(C(F)(F)F)S(=O)(=O)O. The van der Waals surface area contributed by atoms with E-state index in [1.165, 1.54) is 0 Å². The van der Waals surface area contributed by atoms with Gasteiger partial charge in [0.15, 0.2) is 6.10 Å². The second-order valence-corrected chi connectivity index (χ2v) is 8.77. The molecule has 2 aliphatic carbocycles. The quantitative estimate of drug-likeness (QED) is 0.366. The molecule has 0 radical (unpaired) electrons. The first kappa shape index (κ1) is 22.5. The number of aliphatic hydroxyl groups is 1. The number of carbonyl (C=O) groups excluding carboxylic acids is 1. The summed E-state index contributed by atoms with van der Waals surface area (Å²) in [7, 11) is -7.09. The molecule has 2 saturated carbocycles. The van der Waals surface area contributed by atoms with E-state index >= 15 is 0 Å². The molecule has 15 heteroatoms. The number of hydrogen-bond acceptors (Lipinski definition) is 7. The number of esters is 1. The van der Waals surface area contributed by atoms with Gasteiger partial charge in [0.1, 0.15) is 6.10 Å². The van der Waals surface area contributed by atoms with Crippen molar-refractivity contribution in [1.82, 2.24) is 0 Å². The van der Waals surface area contributed by atoms with Gasteiger partial charge in [-0.15, -0.1) is 0 Å². The van der Waals surface area contributed by atoms with Crippen molar-refractivity contribution in [3.05, 3.63) is 0 Å². The van der Waals surface area contributed by atoms with Gasteiger partial charge in [0.2, 0.25) is 5.79 Å². The fourth-order valence-corrected chi connectivity index (χ4v) is 5.23. The number of fused-ring (bicyclic) bond motifs is 3. The maximum Gasteiger partial charge on any atom is 0.430 e. The van der Waals surface area contributed by atoms with E-state index in [9.17, 15) is 44.7 Å². The van der Waals surface area contributed by atoms with Gasteiger partial charge in [-0.2, -0.15) is 34.8 Å². The standard InChI is InChI=1S/C14H16F6O8S/c15-13(16,17)12(14(18,19)20,29(23,24)25)10(22)27-9-6-1-2-7(3-6)11(9)26-5-8(4-21)28-11/h6-9,21H,1-5H2,(H,23,24,25). The molecule has 0 amide bonds. The molecule has 168 valence electrons. The molecule has 1 spiro atoms. The maximum absolute atomic E-state index is 13.3. The van der Waals surface area contributed by atoms with Gasteiger partial charge in [-0.3, -0.25) is 4.55 Å². The molecule has 5 unspecified atom stereocenters. The van der Waals surface area contributed by atoms with Crippen LogP contribution in [0, 0.1) is 11.8 Å². The Hall–Kier alpha value is -1.16. The van der Waals surface area contributed by atoms with E-state index in [4.69, 9.17) is 14.0 Å². The van der Waals surface area contributed by atoms with Crippen LogP contribution in [0.15, 0.2) is 0 Å². The lowest BCUT2D eigenvalue weighted by molar-refractivity contribution is -0.288. The Labute approximate surface area is 159 Å². The van der Waals surface area contributed by atoms with Crippen LogP contribution in [0.5, 0.6) is 0 Å². The Kier molecular flexibility index (Phi) is 5.18. The molecule has 0 aromatic carbocycles. The Bertz CT molecular complexity index is 766. The molecule has 1 saturated heterocycles. The summed E-state index contributed by atoms with van der Waals surface area (Å²) in [5.74, 6) is -6.43. The zero-order valence-electron chi connectivity index (χ0n) is 14.4. The second kappa shape index (κ2) is 6.67. The van der Waals surface area contributed by atoms with E-state index in [-0.39, 0.29) is 19.4 Å². The number of aliphatic hydroxyl groups excluding tert-OH is 1. The number of halogens is 6. The van der Waals surface area contributed by atoms with E-state index < -0.39 is 69.6 Å². The molecule has 1 heterocycles. The van der Waals surface area contributed by atoms with E-state index in [0.717, 1.165) is 0 Å². The predicted octanol–water partition coefficient (Wildman–Crippen LogP) is 1.18. The smallest absolute Gasteiger partial charge is 0.430 e. The summed E-state index contributed by atoms with van der Waals surface area (Å²) in [4.78, 5) is 12.2. The highest BCUT2D eigenvalue weighted by molar-refractivity contribution is 7.88. The average molecular weight is 458 g/mol. The van der Waals surface area contributed by atoms with Gasteiger partial charge in [0.05, 0.1) is 13.2 Å². The number of rotatable bonds is 4. The Morgan fingerprint density at radius 1 is 1.14 bits per heavy atom. The van der Waals surface area contributed by atoms with Gasteiger partial charge in [-0.1, -0.05) is 0 Å². The molecule has 2 N–H and O–H groups in total. The molecule has 29 heavy (non-hydrogen) atoms. The second-order valence-electron chi connectivity index (χ2n) is 7.20. The number of hydrogen-bond donors (Lipinski definition) is 2. The highest BCUT2D eigenvalue weighted by Gasteiger charge is 2.85. The van der Waals surface area contributed by atoms with Gasteiger partial charge in [-0.05, 0) is 19.3 Å². The first-order valence-corrected chi connectivity index (χ1v) is 9.80. The third-order valence-electron chi connectivity index (χ3n) is 5.62. The summed E-state index contributed by atoms with van der Waals surface area (Å²) in [5, 5.41) is 9.17. The molecule has 2 bridgehead atoms. The van der Waals surface area contributed by atoms with Crippen molar-refractivity contribution < 1.29 is 63.4 Å². The minimum atomic E-state index is -7.09. The zero-order chi connectivity index (χ0) is 22.0. The van der Waals surface area contributed by atoms with E-state index in [1.807, 2.05) is 0 Å². The van der Waals surface area contributed by atoms with E-state index in [0.29, 0.717) is 6.42 Å². The highest BCUT2D eigenvalue weighted by atomic mass is 32.2. The minimum Gasteiger partial charge on any atom is -0.455 e. The monoisotopic (exact) mass is 458 g/mol. The highest BCUT2D eigenvalue weighted by Crippen LogP contribution is 2.58. The minimum absolute atomic E-state index is 0.188. The van der Waals surface area contributed by atoms with Crippen LogP contribution >= 0.6 is 0 Å². The van der Waals surface area contributed by atoms with Crippen molar-refractivity contribution in [3.63, 3.8) is 0 Å². The van der Waals surface area contributed by atoms with Crippen LogP contribution in [0.1, 0.15) is 19.3 Å². The summed E-state index contributed by atoms with van der Waals surface area (Å²) in [6.45, 7) is -0.824. The molecule has 8 nitrogen and oxygen atoms in total. The van der Waals surface area contributed by atoms with Crippen LogP contribution in [-0.4, -0.2) is 72.4 Å². The van der Waals surface area contributed by atoms with Crippen molar-refractivity contribution >= 4 is 16.1 Å². The summed E-state index contributed by atoms with van der Waals surface area (Å²) in [5.41, 5.74) is 0. The summed E-state index contributed by atoms with van der Waals surface area (Å²) in [6.07, 6.45) is -15.4. The van der Waals surface area contributed by atoms with Crippen LogP contribution < -0.4 is 0 Å². The topological polar surface area (TPSA) is 119 Å². The summed E-state index contributed by atoms with van der Waals surface area (Å²) >= 11 is 0. The molecule has 3 aliphatic rings. The zero-order valence-corrected chi connectivity index (χ0v) is 15.2. The normalized spacial score (nSPS) is 35.4. The molecule has 0 aromatic rings. The average Bonchev–Trinajstić information content (AvgIpc) is 3.21. The Morgan fingerprint density at radius 2 is 1.72 bits per heavy atom. The maximum atomic E-state index is 13.3. The largest absolute Gasteiger partial charge is 0.455 e. The summed E-state index contributed by atoms with van der Waals surface area (Å²) < 4.78 is 120. The first-order valence-electron chi connectivity index (χ1n) is 8.36. The fourth-order valence-electron chi connectivity index (χ4n) is 4.39. The molecular formula is C14H16F6O8S. The van der Waals surface area contributed by atoms with Gasteiger partial charge in [0.25, 0.3) is 0 Å². The van der Waals surface area contributed by atoms with Crippen molar-refractivity contribution in [1.29, 1.82) is 0 Å². The van der Waals surface area contributed by atoms with Gasteiger partial charge in [0, 0.05) is 11.8 Å². The molecular weight excluding hydrogens is 442 g/mol. The van der Waals surface area contributed by atoms with Crippen LogP contribution in [0.2, 0.25) is 0 Å². The third kappa shape index (κ3) is 3.04. The number of alkyl halides is 6. The van der Waals surface area contributed by atoms with E-state index in [2.05, 4.69) is 4.74 Å². The lowest BCUT2D eigenvalue weighted by atomic mass is 9.90. The van der Waals surface area contributed by atoms with E-state index in [1.54, 1.807) is 0 Å². The Morgan fingerprint density at radius 3 is 2.17 bits per heavy atom. The lowest BCUT2D eigenvalue weighted by Gasteiger charge is -2.40. The summed E-state index contributed by atoms with van der Waals surface area (Å²) in [6, 6.07) is 0. The molecule has 0 aromatic heterocycles. The van der Waals surface area contributed by atoms with Gasteiger partial charge >= 0.3 is 33.2 Å². The molecule has 5 atom stereocenters. The molecule has 1 aliphatic heterocycles. The van der Waals surface area contributed by atoms with Crippen molar-refractivity contribution in [2.75, 3.05) is 13.2 Å². The van der Waals surface area contributed by atoms with Crippen molar-refractivity contribution in [3.8, 4) is 0 Å².